The molecule has 1 fully saturated rings. The van der Waals surface area contributed by atoms with E-state index in [1.165, 1.54) is 12.1 Å². The first kappa shape index (κ1) is 24.4. The van der Waals surface area contributed by atoms with Crippen LogP contribution in [0.2, 0.25) is 0 Å². The molecule has 1 aromatic heterocycles. The van der Waals surface area contributed by atoms with Gasteiger partial charge in [0.2, 0.25) is 0 Å². The standard InChI is InChI=1S/C28H30FN3O3/c1-19-17-24(20(2)31(19)16-14-22-9-11-23(29)12-10-22)25(33)18-32-26(34)28(3,30-27(32)35)15-13-21-7-5-4-6-8-21/h4-12,17H,13-16,18H2,1-3H3,(H,30,35)/t28-/m0/s1. The van der Waals surface area contributed by atoms with Gasteiger partial charge in [-0.05, 0) is 69.4 Å². The maximum atomic E-state index is 13.2. The Morgan fingerprint density at radius 1 is 0.971 bits per heavy atom. The van der Waals surface area contributed by atoms with Crippen molar-refractivity contribution in [2.75, 3.05) is 6.54 Å². The van der Waals surface area contributed by atoms with Crippen LogP contribution in [0.4, 0.5) is 9.18 Å². The van der Waals surface area contributed by atoms with Gasteiger partial charge in [-0.1, -0.05) is 42.5 Å². The minimum Gasteiger partial charge on any atom is -0.348 e. The maximum absolute atomic E-state index is 13.2. The van der Waals surface area contributed by atoms with E-state index in [4.69, 9.17) is 0 Å². The average Bonchev–Trinajstić information content (AvgIpc) is 3.24. The van der Waals surface area contributed by atoms with Gasteiger partial charge >= 0.3 is 6.03 Å². The molecule has 4 rings (SSSR count). The quantitative estimate of drug-likeness (QED) is 0.363. The molecule has 1 N–H and O–H groups in total. The van der Waals surface area contributed by atoms with Crippen LogP contribution in [-0.2, 0) is 24.2 Å². The van der Waals surface area contributed by atoms with Crippen molar-refractivity contribution in [1.82, 2.24) is 14.8 Å². The molecule has 6 nitrogen and oxygen atoms in total. The van der Waals surface area contributed by atoms with Crippen LogP contribution in [0.5, 0.6) is 0 Å². The zero-order chi connectivity index (χ0) is 25.2. The highest BCUT2D eigenvalue weighted by atomic mass is 19.1. The van der Waals surface area contributed by atoms with E-state index < -0.39 is 11.6 Å². The molecular weight excluding hydrogens is 445 g/mol. The van der Waals surface area contributed by atoms with Gasteiger partial charge in [0.05, 0.1) is 6.54 Å². The van der Waals surface area contributed by atoms with Gasteiger partial charge in [-0.25, -0.2) is 9.18 Å². The Balaban J connectivity index is 1.42. The molecule has 7 heteroatoms. The van der Waals surface area contributed by atoms with Crippen molar-refractivity contribution in [1.29, 1.82) is 0 Å². The minimum absolute atomic E-state index is 0.272. The Hall–Kier alpha value is -3.74. The number of carbonyl (C=O) groups is 3. The van der Waals surface area contributed by atoms with E-state index in [1.54, 1.807) is 25.1 Å². The van der Waals surface area contributed by atoms with Crippen LogP contribution in [0.3, 0.4) is 0 Å². The smallest absolute Gasteiger partial charge is 0.325 e. The van der Waals surface area contributed by atoms with Gasteiger partial charge < -0.3 is 9.88 Å². The molecule has 1 saturated heterocycles. The van der Waals surface area contributed by atoms with Crippen molar-refractivity contribution in [2.45, 2.75) is 52.1 Å². The van der Waals surface area contributed by atoms with Gasteiger partial charge in [-0.2, -0.15) is 0 Å². The maximum Gasteiger partial charge on any atom is 0.325 e. The Morgan fingerprint density at radius 2 is 1.63 bits per heavy atom. The number of ketones is 1. The molecule has 2 aromatic carbocycles. The summed E-state index contributed by atoms with van der Waals surface area (Å²) in [4.78, 5) is 39.9. The number of amides is 3. The fourth-order valence-electron chi connectivity index (χ4n) is 4.65. The summed E-state index contributed by atoms with van der Waals surface area (Å²) in [6.45, 7) is 5.83. The van der Waals surface area contributed by atoms with E-state index in [2.05, 4.69) is 5.32 Å². The van der Waals surface area contributed by atoms with Gasteiger partial charge in [0.25, 0.3) is 5.91 Å². The number of hydrogen-bond acceptors (Lipinski definition) is 3. The predicted molar refractivity (Wildman–Crippen MR) is 132 cm³/mol. The number of carbonyl (C=O) groups excluding carboxylic acids is 3. The number of urea groups is 1. The Kier molecular flexibility index (Phi) is 6.87. The fraction of sp³-hybridized carbons (Fsp3) is 0.321. The van der Waals surface area contributed by atoms with Crippen LogP contribution in [0.1, 0.15) is 46.2 Å². The first-order valence-corrected chi connectivity index (χ1v) is 11.8. The third-order valence-corrected chi connectivity index (χ3v) is 6.81. The monoisotopic (exact) mass is 475 g/mol. The number of hydrogen-bond donors (Lipinski definition) is 1. The molecule has 182 valence electrons. The first-order chi connectivity index (χ1) is 16.7. The molecule has 0 saturated carbocycles. The summed E-state index contributed by atoms with van der Waals surface area (Å²) in [6, 6.07) is 17.4. The molecule has 0 unspecified atom stereocenters. The summed E-state index contributed by atoms with van der Waals surface area (Å²) in [5.41, 5.74) is 3.24. The molecule has 0 aliphatic carbocycles. The van der Waals surface area contributed by atoms with Crippen LogP contribution in [0.15, 0.2) is 60.7 Å². The lowest BCUT2D eigenvalue weighted by atomic mass is 9.93. The first-order valence-electron chi connectivity index (χ1n) is 11.8. The SMILES string of the molecule is Cc1cc(C(=O)CN2C(=O)N[C@@](C)(CCc3ccccc3)C2=O)c(C)n1CCc1ccc(F)cc1. The summed E-state index contributed by atoms with van der Waals surface area (Å²) >= 11 is 0. The number of Topliss-reactive ketones (excluding diaryl/α,β-unsaturated/α-hetero) is 1. The summed E-state index contributed by atoms with van der Waals surface area (Å²) in [7, 11) is 0. The second-order valence-electron chi connectivity index (χ2n) is 9.38. The predicted octanol–water partition coefficient (Wildman–Crippen LogP) is 4.61. The molecule has 0 radical (unpaired) electrons. The second-order valence-corrected chi connectivity index (χ2v) is 9.38. The number of aryl methyl sites for hydroxylation is 3. The second kappa shape index (κ2) is 9.86. The van der Waals surface area contributed by atoms with E-state index in [9.17, 15) is 18.8 Å². The highest BCUT2D eigenvalue weighted by Crippen LogP contribution is 2.25. The molecule has 35 heavy (non-hydrogen) atoms. The largest absolute Gasteiger partial charge is 0.348 e. The Morgan fingerprint density at radius 3 is 2.31 bits per heavy atom. The van der Waals surface area contributed by atoms with Gasteiger partial charge in [-0.3, -0.25) is 14.5 Å². The topological polar surface area (TPSA) is 71.4 Å². The Bertz CT molecular complexity index is 1250. The van der Waals surface area contributed by atoms with Gasteiger partial charge in [0.1, 0.15) is 11.4 Å². The number of nitrogens with one attached hydrogen (secondary N) is 1. The lowest BCUT2D eigenvalue weighted by Crippen LogP contribution is -2.44. The lowest BCUT2D eigenvalue weighted by Gasteiger charge is -2.21. The molecule has 3 aromatic rings. The van der Waals surface area contributed by atoms with E-state index in [1.807, 2.05) is 48.7 Å². The normalized spacial score (nSPS) is 17.7. The summed E-state index contributed by atoms with van der Waals surface area (Å²) in [6.07, 6.45) is 1.78. The summed E-state index contributed by atoms with van der Waals surface area (Å²) in [5, 5.41) is 2.78. The number of aromatic nitrogens is 1. The average molecular weight is 476 g/mol. The third kappa shape index (κ3) is 5.19. The van der Waals surface area contributed by atoms with E-state index in [0.717, 1.165) is 27.4 Å². The number of imide groups is 1. The molecule has 1 aliphatic rings. The summed E-state index contributed by atoms with van der Waals surface area (Å²) < 4.78 is 15.2. The van der Waals surface area contributed by atoms with Crippen LogP contribution >= 0.6 is 0 Å². The number of rotatable bonds is 9. The van der Waals surface area contributed by atoms with Crippen molar-refractivity contribution >= 4 is 17.7 Å². The number of benzene rings is 2. The summed E-state index contributed by atoms with van der Waals surface area (Å²) in [5.74, 6) is -0.926. The van der Waals surface area contributed by atoms with Crippen LogP contribution < -0.4 is 5.32 Å². The van der Waals surface area contributed by atoms with Crippen molar-refractivity contribution in [2.24, 2.45) is 0 Å². The molecule has 3 amide bonds. The number of nitrogens with zero attached hydrogens (tertiary/aromatic N) is 2. The fourth-order valence-corrected chi connectivity index (χ4v) is 4.65. The lowest BCUT2D eigenvalue weighted by molar-refractivity contribution is -0.130. The zero-order valence-electron chi connectivity index (χ0n) is 20.3. The molecule has 1 atom stereocenters. The van der Waals surface area contributed by atoms with Crippen LogP contribution in [0.25, 0.3) is 0 Å². The minimum atomic E-state index is -1.04. The highest BCUT2D eigenvalue weighted by molar-refractivity contribution is 6.11. The van der Waals surface area contributed by atoms with E-state index in [0.29, 0.717) is 31.4 Å². The molecule has 0 spiro atoms. The van der Waals surface area contributed by atoms with Gasteiger partial charge in [0, 0.05) is 23.5 Å². The van der Waals surface area contributed by atoms with Crippen molar-refractivity contribution in [3.8, 4) is 0 Å². The van der Waals surface area contributed by atoms with Crippen LogP contribution in [-0.4, -0.2) is 39.3 Å². The van der Waals surface area contributed by atoms with E-state index in [-0.39, 0.29) is 24.1 Å². The van der Waals surface area contributed by atoms with Crippen molar-refractivity contribution < 1.29 is 18.8 Å². The van der Waals surface area contributed by atoms with Crippen molar-refractivity contribution in [3.05, 3.63) is 94.6 Å². The van der Waals surface area contributed by atoms with Crippen LogP contribution in [0, 0.1) is 19.7 Å². The molecule has 0 bridgehead atoms. The molecule has 2 heterocycles. The van der Waals surface area contributed by atoms with E-state index >= 15 is 0 Å². The van der Waals surface area contributed by atoms with Gasteiger partial charge in [0.15, 0.2) is 5.78 Å². The Labute approximate surface area is 204 Å². The zero-order valence-corrected chi connectivity index (χ0v) is 20.3. The molecule has 1 aliphatic heterocycles. The third-order valence-electron chi connectivity index (χ3n) is 6.81. The number of halogens is 1. The van der Waals surface area contributed by atoms with Gasteiger partial charge in [-0.15, -0.1) is 0 Å². The van der Waals surface area contributed by atoms with Crippen molar-refractivity contribution in [3.63, 3.8) is 0 Å². The molecular formula is C28H30FN3O3. The highest BCUT2D eigenvalue weighted by Gasteiger charge is 2.48.